The minimum absolute atomic E-state index is 0.162. The lowest BCUT2D eigenvalue weighted by molar-refractivity contribution is 0.0701. The molecule has 0 aliphatic rings. The predicted molar refractivity (Wildman–Crippen MR) is 84.7 cm³/mol. The van der Waals surface area contributed by atoms with Crippen molar-refractivity contribution in [2.45, 2.75) is 13.8 Å². The molecule has 0 fully saturated rings. The van der Waals surface area contributed by atoms with Crippen molar-refractivity contribution in [1.29, 1.82) is 0 Å². The maximum atomic E-state index is 11.3. The fourth-order valence-corrected chi connectivity index (χ4v) is 3.33. The number of thiophene rings is 1. The van der Waals surface area contributed by atoms with E-state index in [1.165, 1.54) is 6.33 Å². The van der Waals surface area contributed by atoms with Crippen molar-refractivity contribution >= 4 is 33.3 Å². The monoisotopic (exact) mass is 325 g/mol. The van der Waals surface area contributed by atoms with Gasteiger partial charge in [0.1, 0.15) is 21.9 Å². The number of hydrogen-bond donors (Lipinski definition) is 3. The third-order valence-corrected chi connectivity index (χ3v) is 4.83. The molecule has 2 aromatic heterocycles. The minimum Gasteiger partial charge on any atom is -0.477 e. The van der Waals surface area contributed by atoms with E-state index < -0.39 is 11.4 Å². The Morgan fingerprint density at radius 3 is 2.55 bits per heavy atom. The summed E-state index contributed by atoms with van der Waals surface area (Å²) in [5.74, 6) is -0.385. The van der Waals surface area contributed by atoms with Gasteiger partial charge in [-0.1, -0.05) is 6.92 Å². The molecule has 0 aliphatic carbocycles. The molecule has 2 rings (SSSR count). The van der Waals surface area contributed by atoms with E-state index in [0.29, 0.717) is 28.1 Å². The normalized spacial score (nSPS) is 11.9. The molecule has 7 nitrogen and oxygen atoms in total. The fourth-order valence-electron chi connectivity index (χ4n) is 2.34. The number of fused-ring (bicyclic) bond motifs is 1. The number of aromatic carboxylic acids is 1. The molecule has 3 N–H and O–H groups in total. The highest BCUT2D eigenvalue weighted by atomic mass is 32.1. The van der Waals surface area contributed by atoms with Gasteiger partial charge in [0.25, 0.3) is 0 Å². The maximum absolute atomic E-state index is 11.3. The van der Waals surface area contributed by atoms with Crippen molar-refractivity contribution in [3.63, 3.8) is 0 Å². The van der Waals surface area contributed by atoms with E-state index in [2.05, 4.69) is 9.97 Å². The first-order chi connectivity index (χ1) is 10.3. The average Bonchev–Trinajstić information content (AvgIpc) is 2.84. The highest BCUT2D eigenvalue weighted by molar-refractivity contribution is 7.20. The summed E-state index contributed by atoms with van der Waals surface area (Å²) in [5, 5.41) is 28.8. The lowest BCUT2D eigenvalue weighted by Crippen LogP contribution is -2.39. The Bertz CT molecular complexity index is 697. The van der Waals surface area contributed by atoms with E-state index in [4.69, 9.17) is 0 Å². The second kappa shape index (κ2) is 6.15. The first kappa shape index (κ1) is 16.6. The second-order valence-corrected chi connectivity index (χ2v) is 6.72. The van der Waals surface area contributed by atoms with Crippen molar-refractivity contribution in [3.8, 4) is 0 Å². The Labute approximate surface area is 131 Å². The number of nitrogens with zero attached hydrogens (tertiary/aromatic N) is 3. The predicted octanol–water partition coefficient (Wildman–Crippen LogP) is 1.13. The summed E-state index contributed by atoms with van der Waals surface area (Å²) in [6, 6.07) is 0. The molecule has 0 bridgehead atoms. The van der Waals surface area contributed by atoms with Crippen molar-refractivity contribution in [3.05, 3.63) is 16.8 Å². The van der Waals surface area contributed by atoms with Crippen LogP contribution >= 0.6 is 11.3 Å². The second-order valence-electron chi connectivity index (χ2n) is 5.72. The Hall–Kier alpha value is -1.77. The zero-order chi connectivity index (χ0) is 16.5. The molecular weight excluding hydrogens is 306 g/mol. The SMILES string of the molecule is Cc1c(C(=O)O)sc2ncnc(N(C)CC(C)(CO)CO)c12. The largest absolute Gasteiger partial charge is 0.477 e. The van der Waals surface area contributed by atoms with Gasteiger partial charge in [-0.2, -0.15) is 0 Å². The molecular formula is C14H19N3O4S. The molecule has 0 aromatic carbocycles. The summed E-state index contributed by atoms with van der Waals surface area (Å²) < 4.78 is 0. The van der Waals surface area contributed by atoms with Crippen LogP contribution in [0.25, 0.3) is 10.2 Å². The molecule has 2 aromatic rings. The summed E-state index contributed by atoms with van der Waals surface area (Å²) in [6.45, 7) is 3.56. The number of aryl methyl sites for hydroxylation is 1. The number of aromatic nitrogens is 2. The quantitative estimate of drug-likeness (QED) is 0.730. The summed E-state index contributed by atoms with van der Waals surface area (Å²) in [5.41, 5.74) is -0.0457. The molecule has 0 saturated heterocycles. The van der Waals surface area contributed by atoms with E-state index in [0.717, 1.165) is 11.3 Å². The number of aliphatic hydroxyl groups excluding tert-OH is 2. The van der Waals surface area contributed by atoms with Crippen molar-refractivity contribution in [1.82, 2.24) is 9.97 Å². The van der Waals surface area contributed by atoms with Gasteiger partial charge in [0.15, 0.2) is 0 Å². The van der Waals surface area contributed by atoms with Gasteiger partial charge in [-0.15, -0.1) is 11.3 Å². The van der Waals surface area contributed by atoms with E-state index in [1.807, 2.05) is 4.90 Å². The summed E-state index contributed by atoms with van der Waals surface area (Å²) in [7, 11) is 1.79. The van der Waals surface area contributed by atoms with Crippen LogP contribution in [-0.4, -0.2) is 58.1 Å². The Morgan fingerprint density at radius 1 is 1.36 bits per heavy atom. The summed E-state index contributed by atoms with van der Waals surface area (Å²) in [6.07, 6.45) is 1.39. The fraction of sp³-hybridized carbons (Fsp3) is 0.500. The van der Waals surface area contributed by atoms with Crippen LogP contribution in [0.2, 0.25) is 0 Å². The molecule has 0 radical (unpaired) electrons. The number of hydrogen-bond acceptors (Lipinski definition) is 7. The third-order valence-electron chi connectivity index (χ3n) is 3.64. The number of carbonyl (C=O) groups is 1. The molecule has 0 saturated carbocycles. The van der Waals surface area contributed by atoms with E-state index in [1.54, 1.807) is 20.9 Å². The lowest BCUT2D eigenvalue weighted by Gasteiger charge is -2.31. The molecule has 0 spiro atoms. The Kier molecular flexibility index (Phi) is 4.64. The van der Waals surface area contributed by atoms with Crippen LogP contribution in [0.4, 0.5) is 5.82 Å². The van der Waals surface area contributed by atoms with Crippen molar-refractivity contribution in [2.24, 2.45) is 5.41 Å². The highest BCUT2D eigenvalue weighted by Crippen LogP contribution is 2.35. The van der Waals surface area contributed by atoms with Crippen LogP contribution in [0.3, 0.4) is 0 Å². The van der Waals surface area contributed by atoms with E-state index in [9.17, 15) is 20.1 Å². The number of carboxylic acid groups (broad SMARTS) is 1. The molecule has 0 unspecified atom stereocenters. The van der Waals surface area contributed by atoms with Gasteiger partial charge in [0, 0.05) is 19.0 Å². The zero-order valence-corrected chi connectivity index (χ0v) is 13.5. The van der Waals surface area contributed by atoms with Crippen LogP contribution in [0.15, 0.2) is 6.33 Å². The summed E-state index contributed by atoms with van der Waals surface area (Å²) in [4.78, 5) is 22.3. The van der Waals surface area contributed by atoms with Gasteiger partial charge in [0.05, 0.1) is 18.6 Å². The first-order valence-electron chi connectivity index (χ1n) is 6.73. The van der Waals surface area contributed by atoms with Crippen LogP contribution < -0.4 is 4.90 Å². The first-order valence-corrected chi connectivity index (χ1v) is 7.55. The van der Waals surface area contributed by atoms with Crippen LogP contribution in [-0.2, 0) is 0 Å². The minimum atomic E-state index is -0.982. The smallest absolute Gasteiger partial charge is 0.346 e. The lowest BCUT2D eigenvalue weighted by atomic mass is 9.92. The van der Waals surface area contributed by atoms with Gasteiger partial charge in [-0.05, 0) is 12.5 Å². The van der Waals surface area contributed by atoms with Crippen molar-refractivity contribution in [2.75, 3.05) is 31.7 Å². The van der Waals surface area contributed by atoms with Crippen LogP contribution in [0.5, 0.6) is 0 Å². The molecule has 0 aliphatic heterocycles. The molecule has 22 heavy (non-hydrogen) atoms. The van der Waals surface area contributed by atoms with E-state index in [-0.39, 0.29) is 18.1 Å². The topological polar surface area (TPSA) is 107 Å². The number of anilines is 1. The Morgan fingerprint density at radius 2 is 2.00 bits per heavy atom. The van der Waals surface area contributed by atoms with Crippen LogP contribution in [0.1, 0.15) is 22.2 Å². The van der Waals surface area contributed by atoms with Gasteiger partial charge in [0.2, 0.25) is 0 Å². The Balaban J connectivity index is 2.49. The molecule has 120 valence electrons. The van der Waals surface area contributed by atoms with Gasteiger partial charge < -0.3 is 20.2 Å². The number of aliphatic hydroxyl groups is 2. The molecule has 0 amide bonds. The third kappa shape index (κ3) is 2.90. The molecule has 8 heteroatoms. The molecule has 0 atom stereocenters. The van der Waals surface area contributed by atoms with Gasteiger partial charge >= 0.3 is 5.97 Å². The maximum Gasteiger partial charge on any atom is 0.346 e. The summed E-state index contributed by atoms with van der Waals surface area (Å²) >= 11 is 1.12. The number of carboxylic acids is 1. The highest BCUT2D eigenvalue weighted by Gasteiger charge is 2.27. The van der Waals surface area contributed by atoms with Gasteiger partial charge in [-0.3, -0.25) is 0 Å². The average molecular weight is 325 g/mol. The zero-order valence-electron chi connectivity index (χ0n) is 12.7. The van der Waals surface area contributed by atoms with Crippen LogP contribution in [0, 0.1) is 12.3 Å². The van der Waals surface area contributed by atoms with Gasteiger partial charge in [-0.25, -0.2) is 14.8 Å². The van der Waals surface area contributed by atoms with Crippen molar-refractivity contribution < 1.29 is 20.1 Å². The van der Waals surface area contributed by atoms with E-state index >= 15 is 0 Å². The molecule has 2 heterocycles. The number of rotatable bonds is 6. The standard InChI is InChI=1S/C14H19N3O4S/c1-8-9-11(17(3)4-14(2,5-18)6-19)15-7-16-12(9)22-10(8)13(20)21/h7,18-19H,4-6H2,1-3H3,(H,20,21).